The average Bonchev–Trinajstić information content (AvgIpc) is 2.78. The molecule has 12 heavy (non-hydrogen) atoms. The van der Waals surface area contributed by atoms with Crippen molar-refractivity contribution < 1.29 is 14.3 Å². The summed E-state index contributed by atoms with van der Waals surface area (Å²) in [7, 11) is 0. The minimum absolute atomic E-state index is 0.0487. The number of nitrogens with one attached hydrogen (secondary N) is 1. The van der Waals surface area contributed by atoms with Crippen LogP contribution in [0.2, 0.25) is 0 Å². The topological polar surface area (TPSA) is 47.6 Å². The zero-order valence-corrected chi connectivity index (χ0v) is 7.08. The Hall–Kier alpha value is -0.610. The summed E-state index contributed by atoms with van der Waals surface area (Å²) in [6, 6.07) is 0.220. The third-order valence-electron chi connectivity index (χ3n) is 2.31. The number of carbonyl (C=O) groups is 1. The van der Waals surface area contributed by atoms with Crippen molar-refractivity contribution in [2.45, 2.75) is 19.1 Å². The molecule has 0 unspecified atom stereocenters. The molecule has 1 aliphatic carbocycles. The number of hydrogen-bond donors (Lipinski definition) is 1. The Balaban J connectivity index is 1.87. The van der Waals surface area contributed by atoms with E-state index in [0.717, 1.165) is 6.54 Å². The number of ether oxygens (including phenoxy) is 2. The number of morpholine rings is 1. The first-order valence-corrected chi connectivity index (χ1v) is 4.36. The van der Waals surface area contributed by atoms with Crippen LogP contribution >= 0.6 is 0 Å². The summed E-state index contributed by atoms with van der Waals surface area (Å²) in [5, 5.41) is 3.22. The number of carbonyl (C=O) groups excluding carboxylic acids is 1. The van der Waals surface area contributed by atoms with Crippen molar-refractivity contribution >= 4 is 5.97 Å². The van der Waals surface area contributed by atoms with E-state index in [1.165, 1.54) is 0 Å². The first kappa shape index (κ1) is 8.01. The molecule has 0 aromatic heterocycles. The predicted molar refractivity (Wildman–Crippen MR) is 41.7 cm³/mol. The lowest BCUT2D eigenvalue weighted by atomic mass is 10.4. The molecule has 0 amide bonds. The van der Waals surface area contributed by atoms with Gasteiger partial charge in [-0.2, -0.15) is 0 Å². The Bertz CT molecular complexity index is 183. The van der Waals surface area contributed by atoms with Crippen LogP contribution in [0.5, 0.6) is 0 Å². The summed E-state index contributed by atoms with van der Waals surface area (Å²) < 4.78 is 10.3. The van der Waals surface area contributed by atoms with Crippen molar-refractivity contribution in [2.24, 2.45) is 5.92 Å². The van der Waals surface area contributed by atoms with Crippen LogP contribution in [0, 0.1) is 5.92 Å². The molecular formula is C8H13NO3. The number of hydrogen-bond acceptors (Lipinski definition) is 4. The Morgan fingerprint density at radius 3 is 3.17 bits per heavy atom. The lowest BCUT2D eigenvalue weighted by molar-refractivity contribution is -0.145. The molecule has 1 aliphatic heterocycles. The summed E-state index contributed by atoms with van der Waals surface area (Å²) in [6.45, 7) is 3.82. The van der Waals surface area contributed by atoms with E-state index in [9.17, 15) is 4.79 Å². The van der Waals surface area contributed by atoms with Crippen LogP contribution < -0.4 is 5.32 Å². The van der Waals surface area contributed by atoms with Gasteiger partial charge in [0.15, 0.2) is 0 Å². The largest absolute Gasteiger partial charge is 0.466 e. The Kier molecular flexibility index (Phi) is 2.02. The van der Waals surface area contributed by atoms with Crippen LogP contribution in [0.3, 0.4) is 0 Å². The number of esters is 1. The minimum atomic E-state index is -0.123. The van der Waals surface area contributed by atoms with Gasteiger partial charge in [0, 0.05) is 6.54 Å². The second-order valence-corrected chi connectivity index (χ2v) is 3.09. The second kappa shape index (κ2) is 3.03. The first-order chi connectivity index (χ1) is 5.84. The predicted octanol–water partition coefficient (Wildman–Crippen LogP) is -0.464. The smallest absolute Gasteiger partial charge is 0.313 e. The molecule has 0 bridgehead atoms. The van der Waals surface area contributed by atoms with Gasteiger partial charge in [0.1, 0.15) is 5.92 Å². The lowest BCUT2D eigenvalue weighted by Gasteiger charge is -2.09. The second-order valence-electron chi connectivity index (χ2n) is 3.09. The van der Waals surface area contributed by atoms with E-state index in [1.54, 1.807) is 0 Å². The van der Waals surface area contributed by atoms with Crippen molar-refractivity contribution in [3.63, 3.8) is 0 Å². The molecule has 2 rings (SSSR count). The fraction of sp³-hybridized carbons (Fsp3) is 0.875. The Morgan fingerprint density at radius 2 is 2.58 bits per heavy atom. The van der Waals surface area contributed by atoms with E-state index in [4.69, 9.17) is 9.47 Å². The van der Waals surface area contributed by atoms with Crippen molar-refractivity contribution in [3.8, 4) is 0 Å². The van der Waals surface area contributed by atoms with Crippen molar-refractivity contribution in [2.75, 3.05) is 19.8 Å². The zero-order valence-electron chi connectivity index (χ0n) is 7.08. The molecule has 1 heterocycles. The van der Waals surface area contributed by atoms with Gasteiger partial charge in [0.25, 0.3) is 0 Å². The molecular weight excluding hydrogens is 158 g/mol. The zero-order chi connectivity index (χ0) is 8.55. The molecule has 2 aliphatic rings. The average molecular weight is 171 g/mol. The van der Waals surface area contributed by atoms with Crippen LogP contribution in [-0.4, -0.2) is 37.9 Å². The molecule has 4 heteroatoms. The summed E-state index contributed by atoms with van der Waals surface area (Å²) >= 11 is 0. The van der Waals surface area contributed by atoms with Crippen molar-refractivity contribution in [1.82, 2.24) is 5.32 Å². The van der Waals surface area contributed by atoms with Gasteiger partial charge in [-0.15, -0.1) is 0 Å². The van der Waals surface area contributed by atoms with Gasteiger partial charge in [0.05, 0.1) is 25.4 Å². The SMILES string of the molecule is CCOC(=O)[C@@H]1[C@H]2NCCO[C@H]21. The standard InChI is InChI=1S/C8H13NO3/c1-2-11-8(10)5-6-7(5)12-4-3-9-6/h5-7,9H,2-4H2,1H3/t5-,6-,7+/m1/s1. The number of rotatable bonds is 2. The van der Waals surface area contributed by atoms with Crippen LogP contribution in [-0.2, 0) is 14.3 Å². The maximum Gasteiger partial charge on any atom is 0.313 e. The van der Waals surface area contributed by atoms with Gasteiger partial charge in [-0.05, 0) is 6.92 Å². The summed E-state index contributed by atoms with van der Waals surface area (Å²) in [5.41, 5.74) is 0. The minimum Gasteiger partial charge on any atom is -0.466 e. The van der Waals surface area contributed by atoms with Crippen LogP contribution in [0.15, 0.2) is 0 Å². The van der Waals surface area contributed by atoms with E-state index < -0.39 is 0 Å². The summed E-state index contributed by atoms with van der Waals surface area (Å²) in [4.78, 5) is 11.2. The summed E-state index contributed by atoms with van der Waals surface area (Å²) in [6.07, 6.45) is 0.0813. The molecule has 0 spiro atoms. The molecule has 1 saturated carbocycles. The molecule has 68 valence electrons. The van der Waals surface area contributed by atoms with E-state index in [1.807, 2.05) is 6.92 Å². The van der Waals surface area contributed by atoms with Gasteiger partial charge in [-0.1, -0.05) is 0 Å². The van der Waals surface area contributed by atoms with E-state index in [-0.39, 0.29) is 24.0 Å². The fourth-order valence-corrected chi connectivity index (χ4v) is 1.67. The van der Waals surface area contributed by atoms with Gasteiger partial charge in [-0.25, -0.2) is 0 Å². The molecule has 0 aromatic rings. The molecule has 3 atom stereocenters. The quantitative estimate of drug-likeness (QED) is 0.571. The molecule has 2 fully saturated rings. The third kappa shape index (κ3) is 1.21. The maximum absolute atomic E-state index is 11.2. The third-order valence-corrected chi connectivity index (χ3v) is 2.31. The highest BCUT2D eigenvalue weighted by Crippen LogP contribution is 2.37. The van der Waals surface area contributed by atoms with Crippen molar-refractivity contribution in [3.05, 3.63) is 0 Å². The van der Waals surface area contributed by atoms with Gasteiger partial charge < -0.3 is 14.8 Å². The Morgan fingerprint density at radius 1 is 1.75 bits per heavy atom. The van der Waals surface area contributed by atoms with Crippen LogP contribution in [0.25, 0.3) is 0 Å². The maximum atomic E-state index is 11.2. The van der Waals surface area contributed by atoms with E-state index in [0.29, 0.717) is 13.2 Å². The first-order valence-electron chi connectivity index (χ1n) is 4.36. The highest BCUT2D eigenvalue weighted by molar-refractivity contribution is 5.78. The van der Waals surface area contributed by atoms with Crippen molar-refractivity contribution in [1.29, 1.82) is 0 Å². The van der Waals surface area contributed by atoms with E-state index >= 15 is 0 Å². The van der Waals surface area contributed by atoms with Crippen LogP contribution in [0.4, 0.5) is 0 Å². The summed E-state index contributed by atoms with van der Waals surface area (Å²) in [5.74, 6) is -0.172. The number of fused-ring (bicyclic) bond motifs is 1. The molecule has 0 aromatic carbocycles. The molecule has 4 nitrogen and oxygen atoms in total. The highest BCUT2D eigenvalue weighted by Gasteiger charge is 2.58. The van der Waals surface area contributed by atoms with Gasteiger partial charge in [0.2, 0.25) is 0 Å². The molecule has 1 N–H and O–H groups in total. The fourth-order valence-electron chi connectivity index (χ4n) is 1.67. The van der Waals surface area contributed by atoms with Crippen LogP contribution in [0.1, 0.15) is 6.92 Å². The van der Waals surface area contributed by atoms with Gasteiger partial charge >= 0.3 is 5.97 Å². The molecule has 0 radical (unpaired) electrons. The van der Waals surface area contributed by atoms with E-state index in [2.05, 4.69) is 5.32 Å². The normalized spacial score (nSPS) is 38.6. The lowest BCUT2D eigenvalue weighted by Crippen LogP contribution is -2.30. The Labute approximate surface area is 71.2 Å². The van der Waals surface area contributed by atoms with Gasteiger partial charge in [-0.3, -0.25) is 4.79 Å². The molecule has 1 saturated heterocycles. The monoisotopic (exact) mass is 171 g/mol. The highest BCUT2D eigenvalue weighted by atomic mass is 16.5.